The van der Waals surface area contributed by atoms with Gasteiger partial charge in [-0.3, -0.25) is 10.1 Å². The molecule has 1 aliphatic heterocycles. The number of hydrogen-bond donors (Lipinski definition) is 1. The monoisotopic (exact) mass is 340 g/mol. The molecule has 1 N–H and O–H groups in total. The first-order valence-corrected chi connectivity index (χ1v) is 9.22. The van der Waals surface area contributed by atoms with E-state index in [1.165, 1.54) is 0 Å². The van der Waals surface area contributed by atoms with Gasteiger partial charge in [0.15, 0.2) is 0 Å². The van der Waals surface area contributed by atoms with Crippen LogP contribution in [0.25, 0.3) is 0 Å². The van der Waals surface area contributed by atoms with Gasteiger partial charge in [-0.1, -0.05) is 24.3 Å². The van der Waals surface area contributed by atoms with Crippen LogP contribution in [-0.4, -0.2) is 17.6 Å². The number of nitrogens with zero attached hydrogens (tertiary/aromatic N) is 1. The zero-order chi connectivity index (χ0) is 17.4. The van der Waals surface area contributed by atoms with Crippen molar-refractivity contribution < 1.29 is 9.66 Å². The molecule has 0 fully saturated rings. The van der Waals surface area contributed by atoms with E-state index in [9.17, 15) is 10.1 Å². The molecular weight excluding hydrogens is 316 g/mol. The molecule has 4 rings (SSSR count). The minimum Gasteiger partial charge on any atom is -0.494 e. The average Bonchev–Trinajstić information content (AvgIpc) is 3.11. The van der Waals surface area contributed by atoms with Crippen molar-refractivity contribution in [1.82, 2.24) is 0 Å². The first-order chi connectivity index (χ1) is 12.2. The molecule has 1 aromatic rings. The molecule has 0 saturated carbocycles. The van der Waals surface area contributed by atoms with Gasteiger partial charge in [0, 0.05) is 12.0 Å². The fourth-order valence-corrected chi connectivity index (χ4v) is 4.70. The summed E-state index contributed by atoms with van der Waals surface area (Å²) in [7, 11) is 0. The number of anilines is 1. The first-order valence-electron chi connectivity index (χ1n) is 9.22. The third kappa shape index (κ3) is 2.81. The van der Waals surface area contributed by atoms with Gasteiger partial charge in [-0.2, -0.15) is 0 Å². The van der Waals surface area contributed by atoms with Crippen LogP contribution in [0, 0.1) is 22.0 Å². The van der Waals surface area contributed by atoms with Crippen molar-refractivity contribution in [3.05, 3.63) is 52.1 Å². The number of hydrogen-bond acceptors (Lipinski definition) is 4. The van der Waals surface area contributed by atoms with Gasteiger partial charge in [-0.15, -0.1) is 0 Å². The minimum atomic E-state index is -0.287. The van der Waals surface area contributed by atoms with Gasteiger partial charge in [0.05, 0.1) is 17.6 Å². The summed E-state index contributed by atoms with van der Waals surface area (Å²) in [4.78, 5) is 11.4. The van der Waals surface area contributed by atoms with Crippen LogP contribution in [-0.2, 0) is 0 Å². The summed E-state index contributed by atoms with van der Waals surface area (Å²) in [5.74, 6) is 1.84. The quantitative estimate of drug-likeness (QED) is 0.485. The topological polar surface area (TPSA) is 64.4 Å². The van der Waals surface area contributed by atoms with Gasteiger partial charge in [-0.25, -0.2) is 0 Å². The molecule has 0 bridgehead atoms. The number of rotatable bonds is 4. The van der Waals surface area contributed by atoms with Gasteiger partial charge in [0.25, 0.3) is 5.69 Å². The maximum absolute atomic E-state index is 11.7. The van der Waals surface area contributed by atoms with E-state index >= 15 is 0 Å². The van der Waals surface area contributed by atoms with Crippen molar-refractivity contribution in [3.63, 3.8) is 0 Å². The second kappa shape index (κ2) is 6.54. The van der Waals surface area contributed by atoms with Gasteiger partial charge in [-0.05, 0) is 56.1 Å². The summed E-state index contributed by atoms with van der Waals surface area (Å²) >= 11 is 0. The van der Waals surface area contributed by atoms with Crippen molar-refractivity contribution in [3.8, 4) is 5.75 Å². The van der Waals surface area contributed by atoms with E-state index in [2.05, 4.69) is 29.6 Å². The van der Waals surface area contributed by atoms with Crippen LogP contribution in [0.2, 0.25) is 0 Å². The Labute approximate surface area is 147 Å². The Bertz CT molecular complexity index is 741. The first kappa shape index (κ1) is 16.2. The molecule has 0 spiro atoms. The fraction of sp³-hybridized carbons (Fsp3) is 0.500. The van der Waals surface area contributed by atoms with Crippen LogP contribution in [0.3, 0.4) is 0 Å². The number of ether oxygens (including phenoxy) is 1. The maximum Gasteiger partial charge on any atom is 0.296 e. The van der Waals surface area contributed by atoms with E-state index in [1.807, 2.05) is 13.0 Å². The van der Waals surface area contributed by atoms with E-state index in [-0.39, 0.29) is 22.6 Å². The maximum atomic E-state index is 11.7. The van der Waals surface area contributed by atoms with Gasteiger partial charge in [0.2, 0.25) is 0 Å². The van der Waals surface area contributed by atoms with Gasteiger partial charge < -0.3 is 10.1 Å². The number of fused-ring (bicyclic) bond motifs is 3. The van der Waals surface area contributed by atoms with Crippen molar-refractivity contribution in [2.75, 3.05) is 11.9 Å². The van der Waals surface area contributed by atoms with Gasteiger partial charge in [0.1, 0.15) is 11.4 Å². The van der Waals surface area contributed by atoms with E-state index in [0.717, 1.165) is 31.2 Å². The second-order valence-corrected chi connectivity index (χ2v) is 7.16. The molecule has 1 heterocycles. The molecule has 0 saturated heterocycles. The normalized spacial score (nSPS) is 29.6. The zero-order valence-electron chi connectivity index (χ0n) is 14.5. The Hall–Kier alpha value is -2.30. The van der Waals surface area contributed by atoms with Crippen LogP contribution in [0.4, 0.5) is 11.4 Å². The summed E-state index contributed by atoms with van der Waals surface area (Å²) in [6.07, 6.45) is 13.3. The predicted molar refractivity (Wildman–Crippen MR) is 98.1 cm³/mol. The van der Waals surface area contributed by atoms with Crippen LogP contribution < -0.4 is 10.1 Å². The molecule has 4 atom stereocenters. The van der Waals surface area contributed by atoms with Crippen LogP contribution in [0.1, 0.15) is 44.1 Å². The fourth-order valence-electron chi connectivity index (χ4n) is 4.70. The third-order valence-electron chi connectivity index (χ3n) is 5.79. The van der Waals surface area contributed by atoms with E-state index < -0.39 is 0 Å². The van der Waals surface area contributed by atoms with Crippen LogP contribution in [0.5, 0.6) is 5.75 Å². The molecule has 5 heteroatoms. The smallest absolute Gasteiger partial charge is 0.296 e. The molecule has 5 nitrogen and oxygen atoms in total. The highest BCUT2D eigenvalue weighted by Crippen LogP contribution is 2.51. The number of allylic oxidation sites excluding steroid dienone is 4. The molecule has 1 aromatic carbocycles. The highest BCUT2D eigenvalue weighted by molar-refractivity contribution is 5.72. The lowest BCUT2D eigenvalue weighted by molar-refractivity contribution is -0.384. The predicted octanol–water partition coefficient (Wildman–Crippen LogP) is 4.80. The van der Waals surface area contributed by atoms with E-state index in [4.69, 9.17) is 4.74 Å². The molecule has 0 unspecified atom stereocenters. The second-order valence-electron chi connectivity index (χ2n) is 7.16. The molecule has 0 aromatic heterocycles. The van der Waals surface area contributed by atoms with Crippen LogP contribution >= 0.6 is 0 Å². The molecule has 132 valence electrons. The highest BCUT2D eigenvalue weighted by Gasteiger charge is 2.43. The van der Waals surface area contributed by atoms with Gasteiger partial charge >= 0.3 is 0 Å². The standard InChI is InChI=1S/C20H24N2O3/c1-2-25-14-11-17-15-9-6-10-16(15)19(13-7-4-3-5-8-13)21-20(17)18(12-14)22(23)24/h3-4,6,9,11-13,15-16,19,21H,2,5,7-8,10H2,1H3/t13-,15+,16+,19-/m0/s1. The molecular formula is C20H24N2O3. The molecule has 25 heavy (non-hydrogen) atoms. The summed E-state index contributed by atoms with van der Waals surface area (Å²) in [5, 5.41) is 15.3. The minimum absolute atomic E-state index is 0.135. The molecule has 0 radical (unpaired) electrons. The molecule has 2 aliphatic carbocycles. The Kier molecular flexibility index (Phi) is 4.24. The van der Waals surface area contributed by atoms with E-state index in [1.54, 1.807) is 6.07 Å². The summed E-state index contributed by atoms with van der Waals surface area (Å²) in [6, 6.07) is 3.84. The van der Waals surface area contributed by atoms with Crippen molar-refractivity contribution >= 4 is 11.4 Å². The SMILES string of the molecule is CCOc1cc2c(c([N+](=O)[O-])c1)N[C@@H]([C@H]1CC=CCC1)[C@@H]1CC=C[C@@H]21. The molecule has 3 aliphatic rings. The Morgan fingerprint density at radius 1 is 1.28 bits per heavy atom. The lowest BCUT2D eigenvalue weighted by Crippen LogP contribution is -2.42. The number of nitrogens with one attached hydrogen (secondary N) is 1. The van der Waals surface area contributed by atoms with Crippen LogP contribution in [0.15, 0.2) is 36.4 Å². The van der Waals surface area contributed by atoms with Crippen molar-refractivity contribution in [2.24, 2.45) is 11.8 Å². The van der Waals surface area contributed by atoms with Crippen molar-refractivity contribution in [2.45, 2.75) is 44.6 Å². The lowest BCUT2D eigenvalue weighted by Gasteiger charge is -2.41. The number of nitro benzene ring substituents is 1. The van der Waals surface area contributed by atoms with E-state index in [0.29, 0.717) is 29.9 Å². The Morgan fingerprint density at radius 2 is 2.16 bits per heavy atom. The average molecular weight is 340 g/mol. The Balaban J connectivity index is 1.78. The summed E-state index contributed by atoms with van der Waals surface area (Å²) < 4.78 is 5.59. The largest absolute Gasteiger partial charge is 0.494 e. The summed E-state index contributed by atoms with van der Waals surface area (Å²) in [5.41, 5.74) is 1.84. The zero-order valence-corrected chi connectivity index (χ0v) is 14.5. The highest BCUT2D eigenvalue weighted by atomic mass is 16.6. The number of nitro groups is 1. The number of benzene rings is 1. The lowest BCUT2D eigenvalue weighted by atomic mass is 9.72. The summed E-state index contributed by atoms with van der Waals surface area (Å²) in [6.45, 7) is 2.40. The van der Waals surface area contributed by atoms with Crippen molar-refractivity contribution in [1.29, 1.82) is 0 Å². The molecule has 0 amide bonds. The third-order valence-corrected chi connectivity index (χ3v) is 5.79. The Morgan fingerprint density at radius 3 is 2.88 bits per heavy atom.